The predicted molar refractivity (Wildman–Crippen MR) is 84.5 cm³/mol. The molecule has 0 unspecified atom stereocenters. The molecular weight excluding hydrogens is 334 g/mol. The zero-order chi connectivity index (χ0) is 15.2. The van der Waals surface area contributed by atoms with Gasteiger partial charge in [0, 0.05) is 16.6 Å². The van der Waals surface area contributed by atoms with Crippen LogP contribution in [-0.2, 0) is 11.2 Å². The summed E-state index contributed by atoms with van der Waals surface area (Å²) in [6.07, 6.45) is 0.991. The number of carbonyl (C=O) groups excluding carboxylic acids is 1. The minimum absolute atomic E-state index is 0.128. The number of amides is 1. The second-order valence-electron chi connectivity index (χ2n) is 4.57. The van der Waals surface area contributed by atoms with Crippen molar-refractivity contribution < 1.29 is 14.7 Å². The van der Waals surface area contributed by atoms with Crippen LogP contribution in [0.15, 0.2) is 53.0 Å². The van der Waals surface area contributed by atoms with E-state index in [0.717, 1.165) is 5.56 Å². The molecule has 0 aliphatic carbocycles. The van der Waals surface area contributed by atoms with Crippen molar-refractivity contribution in [1.82, 2.24) is 0 Å². The molecule has 0 radical (unpaired) electrons. The van der Waals surface area contributed by atoms with Crippen molar-refractivity contribution >= 4 is 33.5 Å². The molecule has 2 rings (SSSR count). The number of aromatic carboxylic acids is 1. The molecule has 1 amide bonds. The summed E-state index contributed by atoms with van der Waals surface area (Å²) >= 11 is 3.23. The molecule has 2 aromatic carbocycles. The number of carbonyl (C=O) groups is 2. The Hall–Kier alpha value is -2.14. The number of aryl methyl sites for hydroxylation is 1. The number of carboxylic acids is 1. The summed E-state index contributed by atoms with van der Waals surface area (Å²) in [4.78, 5) is 22.9. The Balaban J connectivity index is 1.98. The molecule has 0 fully saturated rings. The van der Waals surface area contributed by atoms with Crippen molar-refractivity contribution in [2.45, 2.75) is 12.8 Å². The third-order valence-electron chi connectivity index (χ3n) is 2.91. The Morgan fingerprint density at radius 3 is 2.48 bits per heavy atom. The lowest BCUT2D eigenvalue weighted by Gasteiger charge is -2.07. The topological polar surface area (TPSA) is 66.4 Å². The highest BCUT2D eigenvalue weighted by molar-refractivity contribution is 9.10. The molecule has 0 atom stereocenters. The largest absolute Gasteiger partial charge is 0.478 e. The van der Waals surface area contributed by atoms with Gasteiger partial charge in [0.05, 0.1) is 5.56 Å². The minimum Gasteiger partial charge on any atom is -0.478 e. The van der Waals surface area contributed by atoms with E-state index in [-0.39, 0.29) is 11.5 Å². The maximum Gasteiger partial charge on any atom is 0.335 e. The lowest BCUT2D eigenvalue weighted by atomic mass is 10.1. The molecule has 0 heterocycles. The summed E-state index contributed by atoms with van der Waals surface area (Å²) in [6.45, 7) is 0. The number of halogens is 1. The lowest BCUT2D eigenvalue weighted by Crippen LogP contribution is -2.13. The first-order chi connectivity index (χ1) is 10.0. The van der Waals surface area contributed by atoms with E-state index in [0.29, 0.717) is 23.0 Å². The summed E-state index contributed by atoms with van der Waals surface area (Å²) < 4.78 is 0.612. The third-order valence-corrected chi connectivity index (χ3v) is 3.37. The fourth-order valence-corrected chi connectivity index (χ4v) is 2.40. The summed E-state index contributed by atoms with van der Waals surface area (Å²) in [5, 5.41) is 11.7. The van der Waals surface area contributed by atoms with Crippen LogP contribution in [0.1, 0.15) is 22.3 Å². The van der Waals surface area contributed by atoms with Crippen LogP contribution in [0.2, 0.25) is 0 Å². The monoisotopic (exact) mass is 347 g/mol. The molecule has 108 valence electrons. The van der Waals surface area contributed by atoms with E-state index in [4.69, 9.17) is 5.11 Å². The van der Waals surface area contributed by atoms with Crippen molar-refractivity contribution in [3.63, 3.8) is 0 Å². The second kappa shape index (κ2) is 7.04. The molecule has 0 saturated carbocycles. The Kier molecular flexibility index (Phi) is 5.11. The molecular formula is C16H14BrNO3. The van der Waals surface area contributed by atoms with E-state index in [1.54, 1.807) is 6.07 Å². The number of hydrogen-bond acceptors (Lipinski definition) is 2. The fourth-order valence-electron chi connectivity index (χ4n) is 1.91. The first-order valence-electron chi connectivity index (χ1n) is 6.42. The SMILES string of the molecule is O=C(CCc1ccccc1)Nc1cc(Br)cc(C(=O)O)c1. The van der Waals surface area contributed by atoms with Gasteiger partial charge in [-0.15, -0.1) is 0 Å². The molecule has 0 saturated heterocycles. The van der Waals surface area contributed by atoms with Crippen LogP contribution in [0.5, 0.6) is 0 Å². The van der Waals surface area contributed by atoms with Gasteiger partial charge in [0.2, 0.25) is 5.91 Å². The maximum atomic E-state index is 11.9. The van der Waals surface area contributed by atoms with Gasteiger partial charge in [-0.3, -0.25) is 4.79 Å². The third kappa shape index (κ3) is 4.72. The van der Waals surface area contributed by atoms with E-state index in [1.165, 1.54) is 12.1 Å². The average molecular weight is 348 g/mol. The van der Waals surface area contributed by atoms with Gasteiger partial charge >= 0.3 is 5.97 Å². The van der Waals surface area contributed by atoms with Crippen LogP contribution in [0.3, 0.4) is 0 Å². The highest BCUT2D eigenvalue weighted by Gasteiger charge is 2.08. The smallest absolute Gasteiger partial charge is 0.335 e. The summed E-state index contributed by atoms with van der Waals surface area (Å²) in [5.41, 5.74) is 1.69. The van der Waals surface area contributed by atoms with Crippen LogP contribution in [0.4, 0.5) is 5.69 Å². The minimum atomic E-state index is -1.03. The molecule has 0 aliphatic heterocycles. The highest BCUT2D eigenvalue weighted by atomic mass is 79.9. The number of rotatable bonds is 5. The van der Waals surface area contributed by atoms with Gasteiger partial charge in [-0.1, -0.05) is 46.3 Å². The van der Waals surface area contributed by atoms with Crippen molar-refractivity contribution in [2.75, 3.05) is 5.32 Å². The normalized spacial score (nSPS) is 10.1. The van der Waals surface area contributed by atoms with Gasteiger partial charge in [0.1, 0.15) is 0 Å². The van der Waals surface area contributed by atoms with Crippen molar-refractivity contribution in [1.29, 1.82) is 0 Å². The van der Waals surface area contributed by atoms with Crippen LogP contribution in [0.25, 0.3) is 0 Å². The summed E-state index contributed by atoms with van der Waals surface area (Å²) in [7, 11) is 0. The summed E-state index contributed by atoms with van der Waals surface area (Å²) in [5.74, 6) is -1.18. The maximum absolute atomic E-state index is 11.9. The average Bonchev–Trinajstić information content (AvgIpc) is 2.45. The molecule has 0 spiro atoms. The number of hydrogen-bond donors (Lipinski definition) is 2. The zero-order valence-electron chi connectivity index (χ0n) is 11.2. The van der Waals surface area contributed by atoms with Gasteiger partial charge in [-0.2, -0.15) is 0 Å². The molecule has 0 bridgehead atoms. The Bertz CT molecular complexity index is 656. The fraction of sp³-hybridized carbons (Fsp3) is 0.125. The molecule has 0 aromatic heterocycles. The quantitative estimate of drug-likeness (QED) is 0.866. The van der Waals surface area contributed by atoms with Gasteiger partial charge < -0.3 is 10.4 Å². The zero-order valence-corrected chi connectivity index (χ0v) is 12.8. The van der Waals surface area contributed by atoms with E-state index >= 15 is 0 Å². The van der Waals surface area contributed by atoms with Crippen LogP contribution in [-0.4, -0.2) is 17.0 Å². The van der Waals surface area contributed by atoms with Crippen LogP contribution >= 0.6 is 15.9 Å². The van der Waals surface area contributed by atoms with E-state index in [2.05, 4.69) is 21.2 Å². The van der Waals surface area contributed by atoms with E-state index in [9.17, 15) is 9.59 Å². The Labute approximate surface area is 130 Å². The Morgan fingerprint density at radius 2 is 1.81 bits per heavy atom. The second-order valence-corrected chi connectivity index (χ2v) is 5.48. The molecule has 4 nitrogen and oxygen atoms in total. The molecule has 21 heavy (non-hydrogen) atoms. The van der Waals surface area contributed by atoms with Crippen LogP contribution < -0.4 is 5.32 Å². The van der Waals surface area contributed by atoms with Gasteiger partial charge in [-0.05, 0) is 30.2 Å². The standard InChI is InChI=1S/C16H14BrNO3/c17-13-8-12(16(20)21)9-14(10-13)18-15(19)7-6-11-4-2-1-3-5-11/h1-5,8-10H,6-7H2,(H,18,19)(H,20,21). The predicted octanol–water partition coefficient (Wildman–Crippen LogP) is 3.72. The first kappa shape index (κ1) is 15.3. The van der Waals surface area contributed by atoms with Gasteiger partial charge in [-0.25, -0.2) is 4.79 Å². The van der Waals surface area contributed by atoms with Crippen LogP contribution in [0, 0.1) is 0 Å². The number of benzene rings is 2. The van der Waals surface area contributed by atoms with E-state index < -0.39 is 5.97 Å². The lowest BCUT2D eigenvalue weighted by molar-refractivity contribution is -0.116. The molecule has 2 N–H and O–H groups in total. The van der Waals surface area contributed by atoms with Crippen molar-refractivity contribution in [3.05, 3.63) is 64.1 Å². The van der Waals surface area contributed by atoms with Crippen molar-refractivity contribution in [3.8, 4) is 0 Å². The number of carboxylic acid groups (broad SMARTS) is 1. The highest BCUT2D eigenvalue weighted by Crippen LogP contribution is 2.20. The molecule has 2 aromatic rings. The summed E-state index contributed by atoms with van der Waals surface area (Å²) in [6, 6.07) is 14.3. The first-order valence-corrected chi connectivity index (χ1v) is 7.21. The molecule has 5 heteroatoms. The van der Waals surface area contributed by atoms with E-state index in [1.807, 2.05) is 30.3 Å². The number of anilines is 1. The number of nitrogens with one attached hydrogen (secondary N) is 1. The van der Waals surface area contributed by atoms with Crippen molar-refractivity contribution in [2.24, 2.45) is 0 Å². The Morgan fingerprint density at radius 1 is 1.10 bits per heavy atom. The molecule has 0 aliphatic rings. The van der Waals surface area contributed by atoms with Gasteiger partial charge in [0.15, 0.2) is 0 Å². The van der Waals surface area contributed by atoms with Gasteiger partial charge in [0.25, 0.3) is 0 Å².